The average Bonchev–Trinajstić information content (AvgIpc) is 3.47. The second-order valence-electron chi connectivity index (χ2n) is 16.9. The molecule has 12 saturated carbocycles. The molecule has 0 atom stereocenters. The van der Waals surface area contributed by atoms with E-state index in [1.54, 1.807) is 0 Å². The number of carbonyl (C=O) groups excluding carboxylic acids is 1. The van der Waals surface area contributed by atoms with Crippen molar-refractivity contribution < 1.29 is 4.79 Å². The van der Waals surface area contributed by atoms with E-state index in [1.807, 2.05) is 0 Å². The Hall–Kier alpha value is -0.330. The van der Waals surface area contributed by atoms with E-state index >= 15 is 0 Å². The molecule has 1 heteroatoms. The normalized spacial score (nSPS) is 22.8. The van der Waals surface area contributed by atoms with Crippen LogP contribution in [0.2, 0.25) is 0 Å². The van der Waals surface area contributed by atoms with Gasteiger partial charge in [0.1, 0.15) is 6.29 Å². The zero-order valence-electron chi connectivity index (χ0n) is 35.2. The van der Waals surface area contributed by atoms with Gasteiger partial charge in [0.05, 0.1) is 0 Å². The topological polar surface area (TPSA) is 17.1 Å². The Balaban J connectivity index is 0.000000521. The number of aldehydes is 1. The van der Waals surface area contributed by atoms with Crippen LogP contribution in [0.4, 0.5) is 0 Å². The summed E-state index contributed by atoms with van der Waals surface area (Å²) in [6.45, 7) is 1.44. The van der Waals surface area contributed by atoms with Gasteiger partial charge in [-0.2, -0.15) is 0 Å². The van der Waals surface area contributed by atoms with Gasteiger partial charge in [-0.1, -0.05) is 302 Å². The summed E-state index contributed by atoms with van der Waals surface area (Å²) in [6.07, 6.45) is 71.2. The molecule has 1 nitrogen and oxygen atoms in total. The zero-order chi connectivity index (χ0) is 35.9. The number of rotatable bonds is 0. The molecule has 12 aliphatic carbocycles. The molecule has 0 unspecified atom stereocenters. The van der Waals surface area contributed by atoms with Gasteiger partial charge in [0.2, 0.25) is 0 Å². The highest BCUT2D eigenvalue weighted by Gasteiger charge is 1.99. The molecule has 0 aromatic heterocycles. The summed E-state index contributed by atoms with van der Waals surface area (Å²) < 4.78 is 0. The number of carbonyl (C=O) groups is 1. The van der Waals surface area contributed by atoms with Gasteiger partial charge < -0.3 is 4.79 Å². The largest absolute Gasteiger partial charge is 0.304 e. The fourth-order valence-electron chi connectivity index (χ4n) is 2.75. The standard InChI is InChI=1S/11C4H8.C3H6.C2H4O/c11*1-2-4-3-1;1-2-3-1;1-2-3/h11*1-4H2;1-3H2;2H,1H3. The van der Waals surface area contributed by atoms with Crippen LogP contribution < -0.4 is 0 Å². The summed E-state index contributed by atoms with van der Waals surface area (Å²) >= 11 is 0. The summed E-state index contributed by atoms with van der Waals surface area (Å²) in [4.78, 5) is 8.81. The second kappa shape index (κ2) is 48.7. The second-order valence-corrected chi connectivity index (χ2v) is 16.9. The van der Waals surface area contributed by atoms with Crippen LogP contribution in [-0.4, -0.2) is 6.29 Å². The van der Waals surface area contributed by atoms with Gasteiger partial charge in [-0.3, -0.25) is 0 Å². The molecule has 0 amide bonds. The Kier molecular flexibility index (Phi) is 48.3. The fourth-order valence-corrected chi connectivity index (χ4v) is 2.75. The summed E-state index contributed by atoms with van der Waals surface area (Å²) in [7, 11) is 0. The van der Waals surface area contributed by atoms with Gasteiger partial charge in [-0.25, -0.2) is 0 Å². The fraction of sp³-hybridized carbons (Fsp3) is 0.980. The molecular weight excluding hydrogens is 605 g/mol. The van der Waals surface area contributed by atoms with Crippen molar-refractivity contribution >= 4 is 6.29 Å². The summed E-state index contributed by atoms with van der Waals surface area (Å²) in [6, 6.07) is 0. The van der Waals surface area contributed by atoms with E-state index in [0.717, 1.165) is 6.29 Å². The first-order valence-corrected chi connectivity index (χ1v) is 24.3. The van der Waals surface area contributed by atoms with E-state index in [0.29, 0.717) is 0 Å². The Morgan fingerprint density at radius 2 is 0.180 bits per heavy atom. The molecule has 0 radical (unpaired) electrons. The van der Waals surface area contributed by atoms with Crippen molar-refractivity contribution in [3.63, 3.8) is 0 Å². The van der Waals surface area contributed by atoms with Crippen LogP contribution in [0.15, 0.2) is 0 Å². The minimum absolute atomic E-state index is 0.750. The van der Waals surface area contributed by atoms with Crippen LogP contribution in [0.5, 0.6) is 0 Å². The summed E-state index contributed by atoms with van der Waals surface area (Å²) in [5.41, 5.74) is 0. The van der Waals surface area contributed by atoms with Gasteiger partial charge in [-0.15, -0.1) is 0 Å². The molecule has 0 saturated heterocycles. The molecule has 0 bridgehead atoms. The molecule has 12 aliphatic rings. The zero-order valence-corrected chi connectivity index (χ0v) is 35.2. The Bertz CT molecular complexity index is 324. The van der Waals surface area contributed by atoms with Crippen molar-refractivity contribution in [2.75, 3.05) is 0 Å². The molecule has 0 N–H and O–H groups in total. The van der Waals surface area contributed by atoms with Gasteiger partial charge in [0, 0.05) is 0 Å². The van der Waals surface area contributed by atoms with Crippen LogP contribution in [0.3, 0.4) is 0 Å². The van der Waals surface area contributed by atoms with Crippen molar-refractivity contribution in [2.45, 2.75) is 309 Å². The molecule has 0 spiro atoms. The van der Waals surface area contributed by atoms with E-state index in [2.05, 4.69) is 0 Å². The first-order chi connectivity index (χ1) is 24.9. The smallest absolute Gasteiger partial charge is 0.116 e. The predicted octanol–water partition coefficient (Wildman–Crippen LogP) is 18.5. The first kappa shape index (κ1) is 49.7. The lowest BCUT2D eigenvalue weighted by molar-refractivity contribution is -0.106. The van der Waals surface area contributed by atoms with Crippen molar-refractivity contribution in [1.82, 2.24) is 0 Å². The summed E-state index contributed by atoms with van der Waals surface area (Å²) in [5, 5.41) is 0. The molecule has 0 heterocycles. The third-order valence-electron chi connectivity index (χ3n) is 11.4. The lowest BCUT2D eigenvalue weighted by Crippen LogP contribution is -1.85. The number of hydrogen-bond acceptors (Lipinski definition) is 1. The van der Waals surface area contributed by atoms with E-state index in [9.17, 15) is 0 Å². The molecule has 12 fully saturated rings. The maximum Gasteiger partial charge on any atom is 0.116 e. The third kappa shape index (κ3) is 52.0. The molecule has 0 aliphatic heterocycles. The first-order valence-electron chi connectivity index (χ1n) is 24.3. The van der Waals surface area contributed by atoms with Crippen LogP contribution in [0.1, 0.15) is 309 Å². The van der Waals surface area contributed by atoms with Crippen molar-refractivity contribution in [1.29, 1.82) is 0 Å². The number of hydrogen-bond donors (Lipinski definition) is 0. The van der Waals surface area contributed by atoms with E-state index < -0.39 is 0 Å². The minimum atomic E-state index is 0.750. The highest BCUT2D eigenvalue weighted by molar-refractivity contribution is 5.44. The predicted molar refractivity (Wildman–Crippen MR) is 229 cm³/mol. The van der Waals surface area contributed by atoms with Gasteiger partial charge >= 0.3 is 0 Å². The van der Waals surface area contributed by atoms with Gasteiger partial charge in [0.25, 0.3) is 0 Å². The van der Waals surface area contributed by atoms with Crippen LogP contribution in [-0.2, 0) is 4.79 Å². The molecule has 300 valence electrons. The van der Waals surface area contributed by atoms with Gasteiger partial charge in [-0.05, 0) is 6.92 Å². The lowest BCUT2D eigenvalue weighted by Gasteiger charge is -2.05. The Morgan fingerprint density at radius 3 is 0.180 bits per heavy atom. The van der Waals surface area contributed by atoms with Crippen LogP contribution in [0, 0.1) is 0 Å². The van der Waals surface area contributed by atoms with E-state index in [-0.39, 0.29) is 0 Å². The molecule has 50 heavy (non-hydrogen) atoms. The quantitative estimate of drug-likeness (QED) is 0.230. The third-order valence-corrected chi connectivity index (χ3v) is 11.4. The lowest BCUT2D eigenvalue weighted by atomic mass is 10.0. The highest BCUT2D eigenvalue weighted by Crippen LogP contribution is 2.19. The Morgan fingerprint density at radius 1 is 0.160 bits per heavy atom. The molecule has 12 rings (SSSR count). The van der Waals surface area contributed by atoms with Crippen molar-refractivity contribution in [3.8, 4) is 0 Å². The molecular formula is C49H98O. The van der Waals surface area contributed by atoms with Crippen LogP contribution >= 0.6 is 0 Å². The van der Waals surface area contributed by atoms with Gasteiger partial charge in [0.15, 0.2) is 0 Å². The van der Waals surface area contributed by atoms with Crippen molar-refractivity contribution in [3.05, 3.63) is 0 Å². The highest BCUT2D eigenvalue weighted by atomic mass is 16.1. The molecule has 0 aromatic carbocycles. The van der Waals surface area contributed by atoms with E-state index in [1.165, 1.54) is 309 Å². The summed E-state index contributed by atoms with van der Waals surface area (Å²) in [5.74, 6) is 0. The Labute approximate surface area is 318 Å². The van der Waals surface area contributed by atoms with E-state index in [4.69, 9.17) is 4.79 Å². The van der Waals surface area contributed by atoms with Crippen molar-refractivity contribution in [2.24, 2.45) is 0 Å². The molecule has 0 aromatic rings. The van der Waals surface area contributed by atoms with Crippen LogP contribution in [0.25, 0.3) is 0 Å². The monoisotopic (exact) mass is 703 g/mol. The average molecular weight is 703 g/mol. The maximum absolute atomic E-state index is 8.81. The minimum Gasteiger partial charge on any atom is -0.304 e. The SMILES string of the molecule is C1CC1.C1CCC1.C1CCC1.C1CCC1.C1CCC1.C1CCC1.C1CCC1.C1CCC1.C1CCC1.C1CCC1.C1CCC1.C1CCC1.CC=O. The maximum atomic E-state index is 8.81.